The van der Waals surface area contributed by atoms with Crippen molar-refractivity contribution in [1.29, 1.82) is 0 Å². The fraction of sp³-hybridized carbons (Fsp3) is 0.667. The molecule has 0 spiro atoms. The molecule has 6 nitrogen and oxygen atoms in total. The summed E-state index contributed by atoms with van der Waals surface area (Å²) in [6, 6.07) is 3.71. The monoisotopic (exact) mass is 336 g/mol. The van der Waals surface area contributed by atoms with E-state index in [4.69, 9.17) is 9.15 Å². The molecule has 0 saturated carbocycles. The van der Waals surface area contributed by atoms with E-state index in [0.717, 1.165) is 31.6 Å². The molecular formula is C18H28N2O4. The Balaban J connectivity index is 2.05. The number of ether oxygens (including phenoxy) is 1. The van der Waals surface area contributed by atoms with E-state index in [9.17, 15) is 9.59 Å². The van der Waals surface area contributed by atoms with E-state index in [-0.39, 0.29) is 30.5 Å². The highest BCUT2D eigenvalue weighted by molar-refractivity contribution is 5.84. The predicted molar refractivity (Wildman–Crippen MR) is 90.2 cm³/mol. The third-order valence-electron chi connectivity index (χ3n) is 4.56. The molecule has 2 atom stereocenters. The molecule has 0 N–H and O–H groups in total. The molecule has 0 radical (unpaired) electrons. The van der Waals surface area contributed by atoms with Gasteiger partial charge in [0.25, 0.3) is 0 Å². The number of hydrogen-bond acceptors (Lipinski definition) is 4. The number of hydrogen-bond donors (Lipinski definition) is 0. The number of amides is 2. The average Bonchev–Trinajstić information content (AvgIpc) is 3.24. The molecule has 0 aliphatic carbocycles. The Bertz CT molecular complexity index is 523. The van der Waals surface area contributed by atoms with Gasteiger partial charge in [-0.2, -0.15) is 0 Å². The first-order valence-corrected chi connectivity index (χ1v) is 8.70. The van der Waals surface area contributed by atoms with Gasteiger partial charge in [0.05, 0.1) is 25.5 Å². The first-order chi connectivity index (χ1) is 11.5. The SMILES string of the molecule is CC[C@@H](C)N(CC(=O)N(Cc1ccco1)C[C@@H]1CCCO1)C(C)=O. The summed E-state index contributed by atoms with van der Waals surface area (Å²) in [5, 5.41) is 0. The summed E-state index contributed by atoms with van der Waals surface area (Å²) in [5.41, 5.74) is 0. The maximum atomic E-state index is 12.8. The van der Waals surface area contributed by atoms with Crippen molar-refractivity contribution in [3.63, 3.8) is 0 Å². The van der Waals surface area contributed by atoms with Crippen LogP contribution in [0.1, 0.15) is 45.8 Å². The first kappa shape index (κ1) is 18.5. The van der Waals surface area contributed by atoms with Gasteiger partial charge in [-0.3, -0.25) is 9.59 Å². The van der Waals surface area contributed by atoms with Gasteiger partial charge < -0.3 is 19.0 Å². The van der Waals surface area contributed by atoms with E-state index in [2.05, 4.69) is 0 Å². The quantitative estimate of drug-likeness (QED) is 0.731. The summed E-state index contributed by atoms with van der Waals surface area (Å²) in [7, 11) is 0. The van der Waals surface area contributed by atoms with Crippen molar-refractivity contribution >= 4 is 11.8 Å². The van der Waals surface area contributed by atoms with Crippen LogP contribution in [0.15, 0.2) is 22.8 Å². The second-order valence-electron chi connectivity index (χ2n) is 6.39. The van der Waals surface area contributed by atoms with Crippen molar-refractivity contribution in [2.45, 2.75) is 58.7 Å². The Morgan fingerprint density at radius 1 is 1.42 bits per heavy atom. The van der Waals surface area contributed by atoms with Crippen LogP contribution in [0.25, 0.3) is 0 Å². The zero-order valence-electron chi connectivity index (χ0n) is 14.9. The zero-order valence-corrected chi connectivity index (χ0v) is 14.9. The molecule has 1 aliphatic rings. The molecule has 0 bridgehead atoms. The molecule has 2 amide bonds. The van der Waals surface area contributed by atoms with E-state index >= 15 is 0 Å². The van der Waals surface area contributed by atoms with Crippen LogP contribution in [0.5, 0.6) is 0 Å². The Labute approximate surface area is 143 Å². The van der Waals surface area contributed by atoms with Crippen molar-refractivity contribution < 1.29 is 18.7 Å². The lowest BCUT2D eigenvalue weighted by atomic mass is 10.2. The van der Waals surface area contributed by atoms with Crippen LogP contribution in [0.4, 0.5) is 0 Å². The third-order valence-corrected chi connectivity index (χ3v) is 4.56. The molecule has 2 rings (SSSR count). The summed E-state index contributed by atoms with van der Waals surface area (Å²) >= 11 is 0. The minimum Gasteiger partial charge on any atom is -0.467 e. The minimum absolute atomic E-state index is 0.0413. The molecule has 24 heavy (non-hydrogen) atoms. The molecule has 1 saturated heterocycles. The van der Waals surface area contributed by atoms with Crippen molar-refractivity contribution in [3.8, 4) is 0 Å². The van der Waals surface area contributed by atoms with E-state index in [1.807, 2.05) is 26.0 Å². The molecular weight excluding hydrogens is 308 g/mol. The fourth-order valence-corrected chi connectivity index (χ4v) is 2.92. The van der Waals surface area contributed by atoms with E-state index in [1.54, 1.807) is 16.1 Å². The van der Waals surface area contributed by atoms with Gasteiger partial charge >= 0.3 is 0 Å². The zero-order chi connectivity index (χ0) is 17.5. The topological polar surface area (TPSA) is 63.0 Å². The molecule has 1 aromatic heterocycles. The molecule has 0 unspecified atom stereocenters. The van der Waals surface area contributed by atoms with Gasteiger partial charge in [-0.15, -0.1) is 0 Å². The number of rotatable bonds is 8. The van der Waals surface area contributed by atoms with Crippen LogP contribution >= 0.6 is 0 Å². The number of nitrogens with zero attached hydrogens (tertiary/aromatic N) is 2. The fourth-order valence-electron chi connectivity index (χ4n) is 2.92. The van der Waals surface area contributed by atoms with Crippen LogP contribution in [-0.2, 0) is 20.9 Å². The largest absolute Gasteiger partial charge is 0.467 e. The van der Waals surface area contributed by atoms with Crippen molar-refractivity contribution in [1.82, 2.24) is 9.80 Å². The van der Waals surface area contributed by atoms with Gasteiger partial charge in [0.15, 0.2) is 0 Å². The first-order valence-electron chi connectivity index (χ1n) is 8.70. The number of carbonyl (C=O) groups excluding carboxylic acids is 2. The summed E-state index contributed by atoms with van der Waals surface area (Å²) < 4.78 is 11.1. The molecule has 2 heterocycles. The van der Waals surface area contributed by atoms with Crippen LogP contribution < -0.4 is 0 Å². The lowest BCUT2D eigenvalue weighted by molar-refractivity contribution is -0.142. The molecule has 1 aliphatic heterocycles. The molecule has 6 heteroatoms. The lowest BCUT2D eigenvalue weighted by Gasteiger charge is -2.31. The summed E-state index contributed by atoms with van der Waals surface area (Å²) in [5.74, 6) is 0.587. The van der Waals surface area contributed by atoms with E-state index in [0.29, 0.717) is 13.1 Å². The Morgan fingerprint density at radius 3 is 2.75 bits per heavy atom. The van der Waals surface area contributed by atoms with Crippen LogP contribution in [0.3, 0.4) is 0 Å². The van der Waals surface area contributed by atoms with Gasteiger partial charge in [-0.05, 0) is 38.3 Å². The van der Waals surface area contributed by atoms with E-state index < -0.39 is 0 Å². The standard InChI is InChI=1S/C18H28N2O4/c1-4-14(2)20(15(3)21)13-18(22)19(11-16-7-5-9-23-16)12-17-8-6-10-24-17/h5,7,9,14,17H,4,6,8,10-13H2,1-3H3/t14-,17+/m1/s1. The molecule has 1 fully saturated rings. The van der Waals surface area contributed by atoms with Gasteiger partial charge in [0.1, 0.15) is 5.76 Å². The third kappa shape index (κ3) is 5.09. The van der Waals surface area contributed by atoms with Crippen molar-refractivity contribution in [3.05, 3.63) is 24.2 Å². The Morgan fingerprint density at radius 2 is 2.21 bits per heavy atom. The highest BCUT2D eigenvalue weighted by atomic mass is 16.5. The maximum absolute atomic E-state index is 12.8. The van der Waals surface area contributed by atoms with Gasteiger partial charge in [-0.25, -0.2) is 0 Å². The number of furan rings is 1. The molecule has 0 aromatic carbocycles. The summed E-state index contributed by atoms with van der Waals surface area (Å²) in [6.45, 7) is 7.27. The number of carbonyl (C=O) groups is 2. The summed E-state index contributed by atoms with van der Waals surface area (Å²) in [4.78, 5) is 28.1. The van der Waals surface area contributed by atoms with E-state index in [1.165, 1.54) is 6.92 Å². The van der Waals surface area contributed by atoms with Gasteiger partial charge in [0, 0.05) is 26.1 Å². The minimum atomic E-state index is -0.0761. The second-order valence-corrected chi connectivity index (χ2v) is 6.39. The van der Waals surface area contributed by atoms with Crippen molar-refractivity contribution in [2.24, 2.45) is 0 Å². The predicted octanol–water partition coefficient (Wildman–Crippen LogP) is 2.43. The average molecular weight is 336 g/mol. The van der Waals surface area contributed by atoms with Gasteiger partial charge in [-0.1, -0.05) is 6.92 Å². The molecule has 134 valence electrons. The Kier molecular flexibility index (Phi) is 6.85. The highest BCUT2D eigenvalue weighted by Gasteiger charge is 2.26. The second kappa shape index (κ2) is 8.87. The smallest absolute Gasteiger partial charge is 0.242 e. The van der Waals surface area contributed by atoms with Crippen molar-refractivity contribution in [2.75, 3.05) is 19.7 Å². The highest BCUT2D eigenvalue weighted by Crippen LogP contribution is 2.16. The maximum Gasteiger partial charge on any atom is 0.242 e. The Hall–Kier alpha value is -1.82. The normalized spacial score (nSPS) is 18.4. The van der Waals surface area contributed by atoms with Crippen LogP contribution in [0.2, 0.25) is 0 Å². The molecule has 1 aromatic rings. The lowest BCUT2D eigenvalue weighted by Crippen LogP contribution is -2.47. The summed E-state index contributed by atoms with van der Waals surface area (Å²) in [6.07, 6.45) is 4.48. The van der Waals surface area contributed by atoms with Gasteiger partial charge in [0.2, 0.25) is 11.8 Å². The van der Waals surface area contributed by atoms with Crippen LogP contribution in [-0.4, -0.2) is 53.5 Å². The van der Waals surface area contributed by atoms with Crippen LogP contribution in [0, 0.1) is 0 Å².